The van der Waals surface area contributed by atoms with Crippen LogP contribution in [0.3, 0.4) is 0 Å². The maximum absolute atomic E-state index is 12.2. The highest BCUT2D eigenvalue weighted by Gasteiger charge is 2.15. The fraction of sp³-hybridized carbons (Fsp3) is 0.533. The number of thioether (sulfide) groups is 1. The number of benzene rings is 1. The van der Waals surface area contributed by atoms with Crippen molar-refractivity contribution in [2.24, 2.45) is 4.99 Å². The molecule has 0 aliphatic carbocycles. The maximum Gasteiger partial charge on any atom is 0.387 e. The van der Waals surface area contributed by atoms with E-state index in [1.807, 2.05) is 17.8 Å². The molecule has 7 heteroatoms. The first kappa shape index (κ1) is 16.9. The standard InChI is InChI=1S/C15H21F2N3OS/c1-18-15(20-10-13-6-3-7-22-13)19-9-11-4-2-5-12(8-11)21-14(16)17/h2,4-5,8,13-14H,3,6-7,9-10H2,1H3,(H2,18,19,20). The average Bonchev–Trinajstić information content (AvgIpc) is 3.00. The third kappa shape index (κ3) is 5.71. The van der Waals surface area contributed by atoms with Crippen LogP contribution in [0, 0.1) is 0 Å². The van der Waals surface area contributed by atoms with Gasteiger partial charge < -0.3 is 15.4 Å². The Morgan fingerprint density at radius 1 is 1.45 bits per heavy atom. The smallest absolute Gasteiger partial charge is 0.387 e. The Morgan fingerprint density at radius 2 is 2.32 bits per heavy atom. The molecule has 1 fully saturated rings. The van der Waals surface area contributed by atoms with Crippen molar-refractivity contribution >= 4 is 17.7 Å². The quantitative estimate of drug-likeness (QED) is 0.622. The van der Waals surface area contributed by atoms with Gasteiger partial charge in [-0.2, -0.15) is 20.5 Å². The molecule has 0 radical (unpaired) electrons. The number of aliphatic imine (C=N–C) groups is 1. The molecule has 1 heterocycles. The summed E-state index contributed by atoms with van der Waals surface area (Å²) in [6.45, 7) is -1.42. The number of rotatable bonds is 6. The van der Waals surface area contributed by atoms with Gasteiger partial charge in [0, 0.05) is 25.4 Å². The SMILES string of the molecule is CN=C(NCc1cccc(OC(F)F)c1)NCC1CCCS1. The maximum atomic E-state index is 12.2. The van der Waals surface area contributed by atoms with Crippen LogP contribution in [0.5, 0.6) is 5.75 Å². The second-order valence-corrected chi connectivity index (χ2v) is 6.38. The second kappa shape index (κ2) is 8.82. The highest BCUT2D eigenvalue weighted by molar-refractivity contribution is 8.00. The number of guanidine groups is 1. The number of nitrogens with one attached hydrogen (secondary N) is 2. The van der Waals surface area contributed by atoms with Crippen LogP contribution in [0.1, 0.15) is 18.4 Å². The minimum atomic E-state index is -2.80. The molecule has 0 saturated carbocycles. The first-order valence-corrected chi connectivity index (χ1v) is 8.32. The summed E-state index contributed by atoms with van der Waals surface area (Å²) in [6, 6.07) is 6.66. The van der Waals surface area contributed by atoms with Gasteiger partial charge in [0.15, 0.2) is 5.96 Å². The van der Waals surface area contributed by atoms with Crippen molar-refractivity contribution in [3.8, 4) is 5.75 Å². The highest BCUT2D eigenvalue weighted by atomic mass is 32.2. The molecule has 0 aromatic heterocycles. The molecule has 4 nitrogen and oxygen atoms in total. The number of hydrogen-bond acceptors (Lipinski definition) is 3. The molecule has 1 unspecified atom stereocenters. The first-order valence-electron chi connectivity index (χ1n) is 7.27. The van der Waals surface area contributed by atoms with Crippen molar-refractivity contribution in [1.29, 1.82) is 0 Å². The van der Waals surface area contributed by atoms with E-state index in [2.05, 4.69) is 20.4 Å². The Kier molecular flexibility index (Phi) is 6.76. The number of hydrogen-bond donors (Lipinski definition) is 2. The van der Waals surface area contributed by atoms with E-state index >= 15 is 0 Å². The molecule has 1 saturated heterocycles. The van der Waals surface area contributed by atoms with E-state index in [9.17, 15) is 8.78 Å². The monoisotopic (exact) mass is 329 g/mol. The van der Waals surface area contributed by atoms with E-state index in [1.165, 1.54) is 24.7 Å². The molecular weight excluding hydrogens is 308 g/mol. The second-order valence-electron chi connectivity index (χ2n) is 4.97. The Labute approximate surface area is 133 Å². The molecule has 2 rings (SSSR count). The molecule has 0 amide bonds. The fourth-order valence-electron chi connectivity index (χ4n) is 2.25. The first-order chi connectivity index (χ1) is 10.7. The topological polar surface area (TPSA) is 45.7 Å². The van der Waals surface area contributed by atoms with Gasteiger partial charge in [-0.3, -0.25) is 4.99 Å². The number of halogens is 2. The van der Waals surface area contributed by atoms with E-state index in [1.54, 1.807) is 19.2 Å². The van der Waals surface area contributed by atoms with Gasteiger partial charge in [0.05, 0.1) is 0 Å². The number of alkyl halides is 2. The Morgan fingerprint density at radius 3 is 3.00 bits per heavy atom. The third-order valence-corrected chi connectivity index (χ3v) is 4.73. The predicted molar refractivity (Wildman–Crippen MR) is 86.8 cm³/mol. The fourth-order valence-corrected chi connectivity index (χ4v) is 3.46. The number of nitrogens with zero attached hydrogens (tertiary/aromatic N) is 1. The van der Waals surface area contributed by atoms with Crippen LogP contribution in [-0.2, 0) is 6.54 Å². The van der Waals surface area contributed by atoms with Crippen LogP contribution in [0.4, 0.5) is 8.78 Å². The lowest BCUT2D eigenvalue weighted by atomic mass is 10.2. The van der Waals surface area contributed by atoms with Gasteiger partial charge in [-0.25, -0.2) is 0 Å². The summed E-state index contributed by atoms with van der Waals surface area (Å²) in [6.07, 6.45) is 2.52. The minimum Gasteiger partial charge on any atom is -0.435 e. The van der Waals surface area contributed by atoms with Gasteiger partial charge in [0.1, 0.15) is 5.75 Å². The van der Waals surface area contributed by atoms with E-state index in [4.69, 9.17) is 0 Å². The normalized spacial score (nSPS) is 18.5. The van der Waals surface area contributed by atoms with E-state index in [0.29, 0.717) is 17.8 Å². The van der Waals surface area contributed by atoms with Crippen LogP contribution < -0.4 is 15.4 Å². The molecule has 1 aromatic carbocycles. The van der Waals surface area contributed by atoms with Crippen LogP contribution in [0.15, 0.2) is 29.3 Å². The molecule has 122 valence electrons. The molecule has 0 bridgehead atoms. The average molecular weight is 329 g/mol. The van der Waals surface area contributed by atoms with Gasteiger partial charge >= 0.3 is 6.61 Å². The van der Waals surface area contributed by atoms with E-state index < -0.39 is 6.61 Å². The van der Waals surface area contributed by atoms with Crippen molar-refractivity contribution in [2.75, 3.05) is 19.3 Å². The Hall–Kier alpha value is -1.50. The summed E-state index contributed by atoms with van der Waals surface area (Å²) < 4.78 is 28.8. The molecule has 1 aromatic rings. The highest BCUT2D eigenvalue weighted by Crippen LogP contribution is 2.25. The van der Waals surface area contributed by atoms with Crippen molar-refractivity contribution in [3.63, 3.8) is 0 Å². The van der Waals surface area contributed by atoms with E-state index in [0.717, 1.165) is 12.1 Å². The zero-order valence-corrected chi connectivity index (χ0v) is 13.3. The molecule has 22 heavy (non-hydrogen) atoms. The molecule has 1 aliphatic heterocycles. The van der Waals surface area contributed by atoms with Gasteiger partial charge in [-0.05, 0) is 36.3 Å². The summed E-state index contributed by atoms with van der Waals surface area (Å²) in [5, 5.41) is 7.11. The zero-order valence-electron chi connectivity index (χ0n) is 12.5. The van der Waals surface area contributed by atoms with E-state index in [-0.39, 0.29) is 5.75 Å². The van der Waals surface area contributed by atoms with Gasteiger partial charge in [0.2, 0.25) is 0 Å². The lowest BCUT2D eigenvalue weighted by Gasteiger charge is -2.15. The summed E-state index contributed by atoms with van der Waals surface area (Å²) in [7, 11) is 1.72. The molecule has 2 N–H and O–H groups in total. The van der Waals surface area contributed by atoms with Gasteiger partial charge in [-0.15, -0.1) is 0 Å². The lowest BCUT2D eigenvalue weighted by molar-refractivity contribution is -0.0498. The van der Waals surface area contributed by atoms with Crippen molar-refractivity contribution in [2.45, 2.75) is 31.2 Å². The predicted octanol–water partition coefficient (Wildman–Crippen LogP) is 2.85. The van der Waals surface area contributed by atoms with Crippen molar-refractivity contribution < 1.29 is 13.5 Å². The van der Waals surface area contributed by atoms with Crippen LogP contribution in [0.2, 0.25) is 0 Å². The Bertz CT molecular complexity index is 493. The van der Waals surface area contributed by atoms with Crippen molar-refractivity contribution in [1.82, 2.24) is 10.6 Å². The third-order valence-electron chi connectivity index (χ3n) is 3.33. The van der Waals surface area contributed by atoms with Crippen molar-refractivity contribution in [3.05, 3.63) is 29.8 Å². The summed E-state index contributed by atoms with van der Waals surface area (Å²) in [4.78, 5) is 4.17. The zero-order chi connectivity index (χ0) is 15.8. The Balaban J connectivity index is 1.79. The molecular formula is C15H21F2N3OS. The number of ether oxygens (including phenoxy) is 1. The summed E-state index contributed by atoms with van der Waals surface area (Å²) in [5.41, 5.74) is 0.858. The summed E-state index contributed by atoms with van der Waals surface area (Å²) >= 11 is 1.98. The van der Waals surface area contributed by atoms with Crippen LogP contribution >= 0.6 is 11.8 Å². The molecule has 0 spiro atoms. The van der Waals surface area contributed by atoms with Crippen LogP contribution in [0.25, 0.3) is 0 Å². The lowest BCUT2D eigenvalue weighted by Crippen LogP contribution is -2.39. The molecule has 1 atom stereocenters. The van der Waals surface area contributed by atoms with Crippen LogP contribution in [-0.4, -0.2) is 37.2 Å². The van der Waals surface area contributed by atoms with Gasteiger partial charge in [0.25, 0.3) is 0 Å². The van der Waals surface area contributed by atoms with Gasteiger partial charge in [-0.1, -0.05) is 12.1 Å². The minimum absolute atomic E-state index is 0.166. The molecule has 1 aliphatic rings. The largest absolute Gasteiger partial charge is 0.435 e. The summed E-state index contributed by atoms with van der Waals surface area (Å²) in [5.74, 6) is 2.11.